The second-order valence-corrected chi connectivity index (χ2v) is 8.02. The summed E-state index contributed by atoms with van der Waals surface area (Å²) in [7, 11) is 1.65. The zero-order valence-corrected chi connectivity index (χ0v) is 18.8. The topological polar surface area (TPSA) is 74.8 Å². The monoisotopic (exact) mass is 422 g/mol. The van der Waals surface area contributed by atoms with E-state index < -0.39 is 0 Å². The van der Waals surface area contributed by atoms with Crippen molar-refractivity contribution in [3.05, 3.63) is 64.7 Å². The smallest absolute Gasteiger partial charge is 0.251 e. The minimum absolute atomic E-state index is 0.0671. The summed E-state index contributed by atoms with van der Waals surface area (Å²) < 4.78 is 6.07. The molecular formula is C25H34N4O2. The number of ether oxygens (including phenoxy) is 1. The third-order valence-electron chi connectivity index (χ3n) is 5.27. The zero-order valence-electron chi connectivity index (χ0n) is 18.8. The van der Waals surface area contributed by atoms with Gasteiger partial charge >= 0.3 is 0 Å². The molecule has 0 heterocycles. The van der Waals surface area contributed by atoms with E-state index in [0.717, 1.165) is 54.9 Å². The highest BCUT2D eigenvalue weighted by Crippen LogP contribution is 2.30. The Morgan fingerprint density at radius 2 is 2.00 bits per heavy atom. The number of carbonyl (C=O) groups is 1. The first-order chi connectivity index (χ1) is 15.1. The van der Waals surface area contributed by atoms with Crippen molar-refractivity contribution in [3.63, 3.8) is 0 Å². The van der Waals surface area contributed by atoms with Crippen molar-refractivity contribution in [2.24, 2.45) is 10.9 Å². The van der Waals surface area contributed by atoms with E-state index >= 15 is 0 Å². The van der Waals surface area contributed by atoms with E-state index in [1.807, 2.05) is 24.3 Å². The average molecular weight is 423 g/mol. The van der Waals surface area contributed by atoms with Gasteiger partial charge in [-0.3, -0.25) is 4.79 Å². The van der Waals surface area contributed by atoms with Gasteiger partial charge in [0.15, 0.2) is 5.96 Å². The van der Waals surface area contributed by atoms with Crippen LogP contribution in [-0.2, 0) is 13.0 Å². The van der Waals surface area contributed by atoms with Crippen molar-refractivity contribution >= 4 is 11.9 Å². The van der Waals surface area contributed by atoms with Gasteiger partial charge in [0.05, 0.1) is 13.2 Å². The minimum atomic E-state index is -0.0671. The van der Waals surface area contributed by atoms with Gasteiger partial charge in [0.1, 0.15) is 5.75 Å². The highest BCUT2D eigenvalue weighted by molar-refractivity contribution is 5.94. The lowest BCUT2D eigenvalue weighted by Crippen LogP contribution is -2.38. The number of aliphatic imine (C=N–C) groups is 1. The zero-order chi connectivity index (χ0) is 22.1. The molecule has 6 heteroatoms. The maximum absolute atomic E-state index is 11.8. The summed E-state index contributed by atoms with van der Waals surface area (Å²) in [6.45, 7) is 7.01. The van der Waals surface area contributed by atoms with Gasteiger partial charge in [-0.25, -0.2) is 4.99 Å². The summed E-state index contributed by atoms with van der Waals surface area (Å²) in [6, 6.07) is 14.0. The Balaban J connectivity index is 1.58. The van der Waals surface area contributed by atoms with Crippen molar-refractivity contribution in [2.45, 2.75) is 39.7 Å². The van der Waals surface area contributed by atoms with E-state index in [9.17, 15) is 4.79 Å². The maximum atomic E-state index is 11.8. The highest BCUT2D eigenvalue weighted by atomic mass is 16.5. The van der Waals surface area contributed by atoms with Gasteiger partial charge in [-0.05, 0) is 68.4 Å². The molecule has 31 heavy (non-hydrogen) atoms. The molecule has 2 aromatic carbocycles. The van der Waals surface area contributed by atoms with Crippen LogP contribution in [0.25, 0.3) is 0 Å². The van der Waals surface area contributed by atoms with E-state index in [1.165, 1.54) is 18.4 Å². The van der Waals surface area contributed by atoms with Crippen molar-refractivity contribution in [1.29, 1.82) is 0 Å². The van der Waals surface area contributed by atoms with Crippen LogP contribution in [0, 0.1) is 12.8 Å². The van der Waals surface area contributed by atoms with E-state index in [-0.39, 0.29) is 5.91 Å². The first-order valence-corrected chi connectivity index (χ1v) is 11.1. The van der Waals surface area contributed by atoms with Crippen LogP contribution in [0.5, 0.6) is 5.75 Å². The Kier molecular flexibility index (Phi) is 8.33. The normalized spacial score (nSPS) is 13.6. The third kappa shape index (κ3) is 7.31. The lowest BCUT2D eigenvalue weighted by atomic mass is 10.1. The fraction of sp³-hybridized carbons (Fsp3) is 0.440. The number of benzene rings is 2. The Morgan fingerprint density at radius 1 is 1.16 bits per heavy atom. The second-order valence-electron chi connectivity index (χ2n) is 8.02. The fourth-order valence-corrected chi connectivity index (χ4v) is 3.26. The quantitative estimate of drug-likeness (QED) is 0.405. The highest BCUT2D eigenvalue weighted by Gasteiger charge is 2.22. The molecular weight excluding hydrogens is 388 g/mol. The summed E-state index contributed by atoms with van der Waals surface area (Å²) in [5.74, 6) is 2.37. The molecule has 0 atom stereocenters. The lowest BCUT2D eigenvalue weighted by Gasteiger charge is -2.14. The fourth-order valence-electron chi connectivity index (χ4n) is 3.26. The van der Waals surface area contributed by atoms with Gasteiger partial charge in [0, 0.05) is 31.3 Å². The van der Waals surface area contributed by atoms with E-state index in [0.29, 0.717) is 12.1 Å². The molecule has 1 aliphatic carbocycles. The summed E-state index contributed by atoms with van der Waals surface area (Å²) in [5, 5.41) is 9.36. The minimum Gasteiger partial charge on any atom is -0.493 e. The summed E-state index contributed by atoms with van der Waals surface area (Å²) in [4.78, 5) is 16.6. The Bertz CT molecular complexity index is 906. The molecule has 0 bridgehead atoms. The molecule has 6 nitrogen and oxygen atoms in total. The van der Waals surface area contributed by atoms with Crippen LogP contribution in [-0.4, -0.2) is 38.6 Å². The molecule has 3 N–H and O–H groups in total. The molecule has 2 aromatic rings. The second kappa shape index (κ2) is 11.4. The lowest BCUT2D eigenvalue weighted by molar-refractivity contribution is 0.0963. The number of rotatable bonds is 10. The molecule has 0 saturated heterocycles. The predicted molar refractivity (Wildman–Crippen MR) is 126 cm³/mol. The van der Waals surface area contributed by atoms with Crippen LogP contribution in [0.15, 0.2) is 47.5 Å². The summed E-state index contributed by atoms with van der Waals surface area (Å²) in [5.41, 5.74) is 4.08. The largest absolute Gasteiger partial charge is 0.493 e. The molecule has 3 rings (SSSR count). The first-order valence-electron chi connectivity index (χ1n) is 11.1. The van der Waals surface area contributed by atoms with Crippen LogP contribution < -0.4 is 20.7 Å². The number of carbonyl (C=O) groups excluding carboxylic acids is 1. The van der Waals surface area contributed by atoms with Crippen molar-refractivity contribution in [1.82, 2.24) is 16.0 Å². The number of hydrogen-bond acceptors (Lipinski definition) is 3. The number of amides is 1. The van der Waals surface area contributed by atoms with Gasteiger partial charge in [0.2, 0.25) is 0 Å². The third-order valence-corrected chi connectivity index (χ3v) is 5.27. The van der Waals surface area contributed by atoms with Crippen LogP contribution in [0.3, 0.4) is 0 Å². The van der Waals surface area contributed by atoms with Crippen LogP contribution >= 0.6 is 0 Å². The Hall–Kier alpha value is -3.02. The van der Waals surface area contributed by atoms with E-state index in [2.05, 4.69) is 48.0 Å². The molecule has 0 unspecified atom stereocenters. The predicted octanol–water partition coefficient (Wildman–Crippen LogP) is 3.44. The Morgan fingerprint density at radius 3 is 2.74 bits per heavy atom. The number of nitrogens with zero attached hydrogens (tertiary/aromatic N) is 1. The summed E-state index contributed by atoms with van der Waals surface area (Å²) in [6.07, 6.45) is 3.36. The molecule has 1 saturated carbocycles. The van der Waals surface area contributed by atoms with Crippen LogP contribution in [0.1, 0.15) is 46.8 Å². The molecule has 0 aromatic heterocycles. The number of nitrogens with one attached hydrogen (secondary N) is 3. The SMILES string of the molecule is CCNC(=NCc1ccc(C)cc1OCC1CC1)NCCc1cccc(C(=O)NC)c1. The van der Waals surface area contributed by atoms with Crippen molar-refractivity contribution in [2.75, 3.05) is 26.7 Å². The molecule has 1 fully saturated rings. The molecule has 0 radical (unpaired) electrons. The van der Waals surface area contributed by atoms with E-state index in [4.69, 9.17) is 9.73 Å². The van der Waals surface area contributed by atoms with Gasteiger partial charge in [-0.15, -0.1) is 0 Å². The molecule has 0 aliphatic heterocycles. The Labute approximate surface area is 185 Å². The van der Waals surface area contributed by atoms with Gasteiger partial charge in [-0.1, -0.05) is 24.3 Å². The average Bonchev–Trinajstić information content (AvgIpc) is 3.61. The molecule has 1 amide bonds. The number of aryl methyl sites for hydroxylation is 1. The standard InChI is InChI=1S/C25H34N4O2/c1-4-27-25(28-13-12-19-6-5-7-21(15-19)24(30)26-3)29-16-22-11-8-18(2)14-23(22)31-17-20-9-10-20/h5-8,11,14-15,20H,4,9-10,12-13,16-17H2,1-3H3,(H,26,30)(H2,27,28,29). The number of hydrogen-bond donors (Lipinski definition) is 3. The van der Waals surface area contributed by atoms with Crippen LogP contribution in [0.4, 0.5) is 0 Å². The van der Waals surface area contributed by atoms with Gasteiger partial charge in [0.25, 0.3) is 5.91 Å². The molecule has 0 spiro atoms. The maximum Gasteiger partial charge on any atom is 0.251 e. The summed E-state index contributed by atoms with van der Waals surface area (Å²) >= 11 is 0. The van der Waals surface area contributed by atoms with Gasteiger partial charge in [-0.2, -0.15) is 0 Å². The van der Waals surface area contributed by atoms with Crippen LogP contribution in [0.2, 0.25) is 0 Å². The van der Waals surface area contributed by atoms with Crippen molar-refractivity contribution in [3.8, 4) is 5.75 Å². The molecule has 1 aliphatic rings. The molecule has 166 valence electrons. The van der Waals surface area contributed by atoms with Crippen molar-refractivity contribution < 1.29 is 9.53 Å². The number of guanidine groups is 1. The first kappa shape index (κ1) is 22.7. The van der Waals surface area contributed by atoms with Gasteiger partial charge < -0.3 is 20.7 Å². The van der Waals surface area contributed by atoms with E-state index in [1.54, 1.807) is 7.05 Å².